The first-order valence-corrected chi connectivity index (χ1v) is 7.01. The second-order valence-corrected chi connectivity index (χ2v) is 6.88. The largest absolute Gasteiger partial charge is 0.334 e. The average Bonchev–Trinajstić information content (AvgIpc) is 2.82. The molecule has 0 atom stereocenters. The Morgan fingerprint density at radius 2 is 2.24 bits per heavy atom. The SMILES string of the molecule is Cl.NC1(c2noc(-c3csc(I)c3)n2)CCC1. The van der Waals surface area contributed by atoms with Crippen molar-refractivity contribution in [1.29, 1.82) is 0 Å². The lowest BCUT2D eigenvalue weighted by atomic mass is 9.77. The molecule has 0 radical (unpaired) electrons. The van der Waals surface area contributed by atoms with E-state index in [4.69, 9.17) is 10.3 Å². The van der Waals surface area contributed by atoms with Crippen LogP contribution in [0.3, 0.4) is 0 Å². The van der Waals surface area contributed by atoms with Crippen LogP contribution in [0.2, 0.25) is 0 Å². The van der Waals surface area contributed by atoms with Crippen molar-refractivity contribution in [3.05, 3.63) is 20.2 Å². The zero-order valence-corrected chi connectivity index (χ0v) is 12.6. The number of nitrogens with two attached hydrogens (primary N) is 1. The minimum Gasteiger partial charge on any atom is -0.334 e. The zero-order chi connectivity index (χ0) is 11.2. The highest BCUT2D eigenvalue weighted by Gasteiger charge is 2.39. The molecule has 2 aromatic rings. The van der Waals surface area contributed by atoms with Gasteiger partial charge in [-0.1, -0.05) is 5.16 Å². The van der Waals surface area contributed by atoms with Crippen LogP contribution in [-0.4, -0.2) is 10.1 Å². The maximum Gasteiger partial charge on any atom is 0.258 e. The molecule has 0 saturated heterocycles. The molecule has 1 aliphatic rings. The highest BCUT2D eigenvalue weighted by Crippen LogP contribution is 2.38. The molecule has 3 rings (SSSR count). The minimum atomic E-state index is -0.342. The van der Waals surface area contributed by atoms with Crippen LogP contribution in [0, 0.1) is 2.88 Å². The van der Waals surface area contributed by atoms with Gasteiger partial charge in [0.05, 0.1) is 14.0 Å². The van der Waals surface area contributed by atoms with E-state index in [1.54, 1.807) is 11.3 Å². The van der Waals surface area contributed by atoms with Gasteiger partial charge in [0, 0.05) is 5.38 Å². The van der Waals surface area contributed by atoms with Gasteiger partial charge >= 0.3 is 0 Å². The van der Waals surface area contributed by atoms with Crippen LogP contribution < -0.4 is 5.73 Å². The van der Waals surface area contributed by atoms with Crippen LogP contribution in [0.25, 0.3) is 11.5 Å². The second kappa shape index (κ2) is 4.83. The second-order valence-electron chi connectivity index (χ2n) is 4.07. The molecule has 0 aromatic carbocycles. The maximum absolute atomic E-state index is 6.14. The summed E-state index contributed by atoms with van der Waals surface area (Å²) in [5, 5.41) is 6.00. The molecule has 2 heterocycles. The van der Waals surface area contributed by atoms with Gasteiger partial charge in [-0.15, -0.1) is 23.7 Å². The molecular formula is C10H11ClIN3OS. The lowest BCUT2D eigenvalue weighted by Crippen LogP contribution is -2.44. The summed E-state index contributed by atoms with van der Waals surface area (Å²) < 4.78 is 6.46. The average molecular weight is 384 g/mol. The van der Waals surface area contributed by atoms with Crippen molar-refractivity contribution in [2.75, 3.05) is 0 Å². The summed E-state index contributed by atoms with van der Waals surface area (Å²) >= 11 is 3.94. The Balaban J connectivity index is 0.00000108. The summed E-state index contributed by atoms with van der Waals surface area (Å²) in [6.45, 7) is 0. The number of hydrogen-bond acceptors (Lipinski definition) is 5. The molecule has 4 nitrogen and oxygen atoms in total. The summed E-state index contributed by atoms with van der Waals surface area (Å²) in [5.74, 6) is 1.22. The molecule has 0 amide bonds. The highest BCUT2D eigenvalue weighted by molar-refractivity contribution is 14.1. The predicted molar refractivity (Wildman–Crippen MR) is 77.3 cm³/mol. The van der Waals surface area contributed by atoms with Gasteiger partial charge in [0.15, 0.2) is 5.82 Å². The van der Waals surface area contributed by atoms with E-state index in [1.165, 1.54) is 2.88 Å². The number of nitrogens with zero attached hydrogens (tertiary/aromatic N) is 2. The molecule has 7 heteroatoms. The fourth-order valence-electron chi connectivity index (χ4n) is 1.75. The molecule has 2 N–H and O–H groups in total. The summed E-state index contributed by atoms with van der Waals surface area (Å²) in [5.41, 5.74) is 6.78. The zero-order valence-electron chi connectivity index (χ0n) is 8.85. The van der Waals surface area contributed by atoms with Crippen LogP contribution in [0.1, 0.15) is 25.1 Å². The number of hydrogen-bond donors (Lipinski definition) is 1. The molecule has 0 unspecified atom stereocenters. The monoisotopic (exact) mass is 383 g/mol. The van der Waals surface area contributed by atoms with Crippen molar-refractivity contribution in [2.45, 2.75) is 24.8 Å². The van der Waals surface area contributed by atoms with E-state index in [0.29, 0.717) is 11.7 Å². The van der Waals surface area contributed by atoms with E-state index in [2.05, 4.69) is 32.7 Å². The van der Waals surface area contributed by atoms with Crippen LogP contribution in [-0.2, 0) is 5.54 Å². The van der Waals surface area contributed by atoms with Gasteiger partial charge in [0.2, 0.25) is 0 Å². The lowest BCUT2D eigenvalue weighted by molar-refractivity contribution is 0.229. The van der Waals surface area contributed by atoms with Gasteiger partial charge in [-0.05, 0) is 47.9 Å². The molecule has 1 fully saturated rings. The van der Waals surface area contributed by atoms with Gasteiger partial charge in [0.1, 0.15) is 0 Å². The van der Waals surface area contributed by atoms with Crippen LogP contribution in [0.15, 0.2) is 16.0 Å². The van der Waals surface area contributed by atoms with Crippen molar-refractivity contribution in [3.63, 3.8) is 0 Å². The van der Waals surface area contributed by atoms with E-state index in [0.717, 1.165) is 24.8 Å². The summed E-state index contributed by atoms with van der Waals surface area (Å²) in [6.07, 6.45) is 3.05. The first-order chi connectivity index (χ1) is 7.67. The molecule has 0 aliphatic heterocycles. The van der Waals surface area contributed by atoms with Crippen molar-refractivity contribution in [1.82, 2.24) is 10.1 Å². The van der Waals surface area contributed by atoms with Gasteiger partial charge in [-0.3, -0.25) is 0 Å². The highest BCUT2D eigenvalue weighted by atomic mass is 127. The molecule has 0 spiro atoms. The van der Waals surface area contributed by atoms with Crippen molar-refractivity contribution < 1.29 is 4.52 Å². The molecule has 17 heavy (non-hydrogen) atoms. The normalized spacial score (nSPS) is 17.3. The number of thiophene rings is 1. The summed E-state index contributed by atoms with van der Waals surface area (Å²) in [4.78, 5) is 4.39. The maximum atomic E-state index is 6.14. The Bertz CT molecular complexity index is 523. The molecule has 1 saturated carbocycles. The van der Waals surface area contributed by atoms with Gasteiger partial charge < -0.3 is 10.3 Å². The Hall–Kier alpha value is -0.180. The molecule has 1 aliphatic carbocycles. The van der Waals surface area contributed by atoms with Crippen LogP contribution in [0.4, 0.5) is 0 Å². The van der Waals surface area contributed by atoms with E-state index in [1.807, 2.05) is 11.4 Å². The molecule has 2 aromatic heterocycles. The Labute approximate surface area is 123 Å². The van der Waals surface area contributed by atoms with E-state index < -0.39 is 0 Å². The predicted octanol–water partition coefficient (Wildman–Crippen LogP) is 3.16. The van der Waals surface area contributed by atoms with E-state index >= 15 is 0 Å². The van der Waals surface area contributed by atoms with Crippen LogP contribution >= 0.6 is 46.3 Å². The van der Waals surface area contributed by atoms with Gasteiger partial charge in [-0.25, -0.2) is 0 Å². The Morgan fingerprint density at radius 1 is 1.47 bits per heavy atom. The van der Waals surface area contributed by atoms with E-state index in [9.17, 15) is 0 Å². The van der Waals surface area contributed by atoms with Gasteiger partial charge in [0.25, 0.3) is 5.89 Å². The smallest absolute Gasteiger partial charge is 0.258 e. The third kappa shape index (κ3) is 2.35. The lowest BCUT2D eigenvalue weighted by Gasteiger charge is -2.34. The third-order valence-electron chi connectivity index (χ3n) is 2.93. The fourth-order valence-corrected chi connectivity index (χ4v) is 3.07. The first-order valence-electron chi connectivity index (χ1n) is 5.05. The molecule has 92 valence electrons. The summed E-state index contributed by atoms with van der Waals surface area (Å²) in [6, 6.07) is 2.03. The number of aromatic nitrogens is 2. The standard InChI is InChI=1S/C10H10IN3OS.ClH/c11-7-4-6(5-16-7)8-13-9(14-15-8)10(12)2-1-3-10;/h4-5H,1-3,12H2;1H. The number of rotatable bonds is 2. The molecule has 0 bridgehead atoms. The van der Waals surface area contributed by atoms with Crippen molar-refractivity contribution in [2.24, 2.45) is 5.73 Å². The summed E-state index contributed by atoms with van der Waals surface area (Å²) in [7, 11) is 0. The van der Waals surface area contributed by atoms with Crippen molar-refractivity contribution in [3.8, 4) is 11.5 Å². The topological polar surface area (TPSA) is 64.9 Å². The van der Waals surface area contributed by atoms with Crippen LogP contribution in [0.5, 0.6) is 0 Å². The quantitative estimate of drug-likeness (QED) is 0.809. The van der Waals surface area contributed by atoms with Gasteiger partial charge in [-0.2, -0.15) is 4.98 Å². The minimum absolute atomic E-state index is 0. The Morgan fingerprint density at radius 3 is 2.76 bits per heavy atom. The fraction of sp³-hybridized carbons (Fsp3) is 0.400. The third-order valence-corrected chi connectivity index (χ3v) is 4.72. The van der Waals surface area contributed by atoms with E-state index in [-0.39, 0.29) is 17.9 Å². The number of halogens is 2. The van der Waals surface area contributed by atoms with Crippen molar-refractivity contribution >= 4 is 46.3 Å². The Kier molecular flexibility index (Phi) is 3.77. The first kappa shape index (κ1) is 13.3. The molecular weight excluding hydrogens is 373 g/mol.